The predicted molar refractivity (Wildman–Crippen MR) is 59.4 cm³/mol. The molecule has 1 N–H and O–H groups in total. The highest BCUT2D eigenvalue weighted by Gasteiger charge is 2.13. The molecule has 0 bridgehead atoms. The van der Waals surface area contributed by atoms with Crippen LogP contribution in [0, 0.1) is 11.6 Å². The van der Waals surface area contributed by atoms with E-state index in [4.69, 9.17) is 14.6 Å². The molecule has 1 aromatic rings. The Labute approximate surface area is 103 Å². The number of phenols is 1. The van der Waals surface area contributed by atoms with Crippen molar-refractivity contribution in [1.82, 2.24) is 0 Å². The van der Waals surface area contributed by atoms with Crippen molar-refractivity contribution in [2.45, 2.75) is 19.8 Å². The van der Waals surface area contributed by atoms with Crippen LogP contribution in [0.4, 0.5) is 8.78 Å². The number of ether oxygens (including phenoxy) is 2. The van der Waals surface area contributed by atoms with E-state index in [-0.39, 0.29) is 24.7 Å². The second-order valence-electron chi connectivity index (χ2n) is 3.47. The Bertz CT molecular complexity index is 421. The largest absolute Gasteiger partial charge is 0.505 e. The van der Waals surface area contributed by atoms with E-state index in [0.29, 0.717) is 13.0 Å². The number of halogens is 2. The fourth-order valence-electron chi connectivity index (χ4n) is 1.26. The van der Waals surface area contributed by atoms with Crippen molar-refractivity contribution in [2.24, 2.45) is 0 Å². The van der Waals surface area contributed by atoms with E-state index in [1.54, 1.807) is 6.92 Å². The molecular weight excluding hydrogens is 246 g/mol. The van der Waals surface area contributed by atoms with Gasteiger partial charge >= 0.3 is 5.97 Å². The first kappa shape index (κ1) is 14.2. The minimum atomic E-state index is -1.35. The van der Waals surface area contributed by atoms with E-state index in [2.05, 4.69) is 0 Å². The maximum atomic E-state index is 13.2. The van der Waals surface area contributed by atoms with Gasteiger partial charge in [0.2, 0.25) is 11.6 Å². The third kappa shape index (κ3) is 3.87. The lowest BCUT2D eigenvalue weighted by Crippen LogP contribution is -2.07. The number of hydrogen-bond acceptors (Lipinski definition) is 4. The normalized spacial score (nSPS) is 10.2. The van der Waals surface area contributed by atoms with Gasteiger partial charge in [0.15, 0.2) is 11.5 Å². The Balaban J connectivity index is 2.40. The Kier molecular flexibility index (Phi) is 5.35. The van der Waals surface area contributed by atoms with Gasteiger partial charge in [-0.25, -0.2) is 0 Å². The van der Waals surface area contributed by atoms with Gasteiger partial charge in [0.05, 0.1) is 13.2 Å². The molecule has 0 aliphatic rings. The molecule has 0 spiro atoms. The van der Waals surface area contributed by atoms with E-state index in [9.17, 15) is 13.6 Å². The molecule has 6 heteroatoms. The van der Waals surface area contributed by atoms with Gasteiger partial charge in [-0.15, -0.1) is 0 Å². The van der Waals surface area contributed by atoms with Crippen molar-refractivity contribution in [1.29, 1.82) is 0 Å². The lowest BCUT2D eigenvalue weighted by atomic mass is 10.3. The molecule has 0 aromatic heterocycles. The Hall–Kier alpha value is -1.85. The zero-order chi connectivity index (χ0) is 13.5. The molecule has 0 unspecified atom stereocenters. The number of phenolic OH excluding ortho intramolecular Hbond substituents is 1. The predicted octanol–water partition coefficient (Wildman–Crippen LogP) is 2.39. The first-order valence-electron chi connectivity index (χ1n) is 5.51. The zero-order valence-corrected chi connectivity index (χ0v) is 9.91. The first-order valence-corrected chi connectivity index (χ1v) is 5.51. The number of carbonyl (C=O) groups excluding carboxylic acids is 1. The van der Waals surface area contributed by atoms with Crippen LogP contribution < -0.4 is 4.74 Å². The molecular formula is C12H14F2O4. The van der Waals surface area contributed by atoms with E-state index < -0.39 is 17.4 Å². The van der Waals surface area contributed by atoms with Crippen molar-refractivity contribution in [3.63, 3.8) is 0 Å². The Morgan fingerprint density at radius 3 is 2.72 bits per heavy atom. The topological polar surface area (TPSA) is 55.8 Å². The van der Waals surface area contributed by atoms with Gasteiger partial charge in [0, 0.05) is 6.42 Å². The van der Waals surface area contributed by atoms with Crippen molar-refractivity contribution >= 4 is 5.97 Å². The summed E-state index contributed by atoms with van der Waals surface area (Å²) in [5, 5.41) is 8.90. The van der Waals surface area contributed by atoms with Crippen LogP contribution in [0.5, 0.6) is 11.5 Å². The second-order valence-corrected chi connectivity index (χ2v) is 3.47. The first-order chi connectivity index (χ1) is 8.56. The van der Waals surface area contributed by atoms with Crippen molar-refractivity contribution in [3.8, 4) is 11.5 Å². The van der Waals surface area contributed by atoms with Crippen LogP contribution in [-0.4, -0.2) is 24.3 Å². The lowest BCUT2D eigenvalue weighted by molar-refractivity contribution is -0.143. The molecule has 0 atom stereocenters. The molecule has 0 aliphatic carbocycles. The van der Waals surface area contributed by atoms with Gasteiger partial charge in [-0.1, -0.05) is 0 Å². The average molecular weight is 260 g/mol. The van der Waals surface area contributed by atoms with Crippen molar-refractivity contribution < 1.29 is 28.2 Å². The van der Waals surface area contributed by atoms with Gasteiger partial charge in [0.1, 0.15) is 0 Å². The summed E-state index contributed by atoms with van der Waals surface area (Å²) in [6, 6.07) is 2.12. The molecule has 18 heavy (non-hydrogen) atoms. The molecule has 0 saturated heterocycles. The van der Waals surface area contributed by atoms with Crippen LogP contribution in [0.2, 0.25) is 0 Å². The van der Waals surface area contributed by atoms with E-state index in [1.165, 1.54) is 0 Å². The lowest BCUT2D eigenvalue weighted by Gasteiger charge is -2.08. The SMILES string of the molecule is CCOC(=O)CCCOc1ccc(O)c(F)c1F. The Morgan fingerprint density at radius 1 is 1.33 bits per heavy atom. The summed E-state index contributed by atoms with van der Waals surface area (Å²) in [6.07, 6.45) is 0.483. The fourth-order valence-corrected chi connectivity index (χ4v) is 1.26. The molecule has 0 radical (unpaired) electrons. The molecule has 0 fully saturated rings. The van der Waals surface area contributed by atoms with E-state index in [0.717, 1.165) is 12.1 Å². The number of carbonyl (C=O) groups is 1. The smallest absolute Gasteiger partial charge is 0.305 e. The van der Waals surface area contributed by atoms with Crippen LogP contribution in [-0.2, 0) is 9.53 Å². The summed E-state index contributed by atoms with van der Waals surface area (Å²) in [5.41, 5.74) is 0. The van der Waals surface area contributed by atoms with Crippen LogP contribution in [0.25, 0.3) is 0 Å². The summed E-state index contributed by atoms with van der Waals surface area (Å²) < 4.78 is 35.8. The summed E-state index contributed by atoms with van der Waals surface area (Å²) in [7, 11) is 0. The van der Waals surface area contributed by atoms with Crippen molar-refractivity contribution in [3.05, 3.63) is 23.8 Å². The molecule has 4 nitrogen and oxygen atoms in total. The zero-order valence-electron chi connectivity index (χ0n) is 9.91. The van der Waals surface area contributed by atoms with E-state index in [1.807, 2.05) is 0 Å². The van der Waals surface area contributed by atoms with E-state index >= 15 is 0 Å². The van der Waals surface area contributed by atoms with Gasteiger partial charge in [-0.2, -0.15) is 8.78 Å². The Morgan fingerprint density at radius 2 is 2.06 bits per heavy atom. The third-order valence-corrected chi connectivity index (χ3v) is 2.11. The summed E-state index contributed by atoms with van der Waals surface area (Å²) >= 11 is 0. The van der Waals surface area contributed by atoms with Gasteiger partial charge in [-0.3, -0.25) is 4.79 Å². The quantitative estimate of drug-likeness (QED) is 0.630. The van der Waals surface area contributed by atoms with Crippen LogP contribution in [0.1, 0.15) is 19.8 Å². The summed E-state index contributed by atoms with van der Waals surface area (Å²) in [5.74, 6) is -4.02. The minimum absolute atomic E-state index is 0.0555. The fraction of sp³-hybridized carbons (Fsp3) is 0.417. The van der Waals surface area contributed by atoms with Crippen LogP contribution in [0.3, 0.4) is 0 Å². The maximum absolute atomic E-state index is 13.2. The second kappa shape index (κ2) is 6.78. The van der Waals surface area contributed by atoms with Gasteiger partial charge in [0.25, 0.3) is 0 Å². The van der Waals surface area contributed by atoms with Crippen LogP contribution in [0.15, 0.2) is 12.1 Å². The third-order valence-electron chi connectivity index (χ3n) is 2.11. The molecule has 0 saturated carbocycles. The number of hydrogen-bond donors (Lipinski definition) is 1. The average Bonchev–Trinajstić information content (AvgIpc) is 2.34. The standard InChI is InChI=1S/C12H14F2O4/c1-2-17-10(16)4-3-7-18-9-6-5-8(15)11(13)12(9)14/h5-6,15H,2-4,7H2,1H3. The number of rotatable bonds is 6. The van der Waals surface area contributed by atoms with Gasteiger partial charge < -0.3 is 14.6 Å². The number of aromatic hydroxyl groups is 1. The highest BCUT2D eigenvalue weighted by atomic mass is 19.2. The van der Waals surface area contributed by atoms with Crippen molar-refractivity contribution in [2.75, 3.05) is 13.2 Å². The summed E-state index contributed by atoms with van der Waals surface area (Å²) in [6.45, 7) is 2.06. The molecule has 1 aromatic carbocycles. The molecule has 0 heterocycles. The molecule has 1 rings (SSSR count). The van der Waals surface area contributed by atoms with Gasteiger partial charge in [-0.05, 0) is 25.5 Å². The van der Waals surface area contributed by atoms with Crippen LogP contribution >= 0.6 is 0 Å². The number of esters is 1. The summed E-state index contributed by atoms with van der Waals surface area (Å²) in [4.78, 5) is 11.0. The molecule has 100 valence electrons. The highest BCUT2D eigenvalue weighted by molar-refractivity contribution is 5.69. The number of benzene rings is 1. The minimum Gasteiger partial charge on any atom is -0.505 e. The maximum Gasteiger partial charge on any atom is 0.305 e. The molecule has 0 amide bonds. The highest BCUT2D eigenvalue weighted by Crippen LogP contribution is 2.26. The molecule has 0 aliphatic heterocycles. The monoisotopic (exact) mass is 260 g/mol.